The Balaban J connectivity index is 2.27. The van der Waals surface area contributed by atoms with Crippen molar-refractivity contribution in [1.29, 1.82) is 5.41 Å². The number of amidine groups is 1. The van der Waals surface area contributed by atoms with Crippen LogP contribution in [0.15, 0.2) is 42.5 Å². The molecule has 0 heterocycles. The third-order valence-electron chi connectivity index (χ3n) is 3.56. The van der Waals surface area contributed by atoms with Gasteiger partial charge < -0.3 is 10.6 Å². The number of aryl methyl sites for hydroxylation is 1. The highest BCUT2D eigenvalue weighted by Crippen LogP contribution is 2.25. The first-order chi connectivity index (χ1) is 10.0. The van der Waals surface area contributed by atoms with E-state index >= 15 is 0 Å². The number of para-hydroxylation sites is 1. The zero-order valence-electron chi connectivity index (χ0n) is 12.4. The van der Waals surface area contributed by atoms with Gasteiger partial charge in [0.05, 0.1) is 0 Å². The minimum absolute atomic E-state index is 0.0368. The molecule has 21 heavy (non-hydrogen) atoms. The van der Waals surface area contributed by atoms with E-state index in [1.54, 1.807) is 6.07 Å². The molecule has 0 saturated heterocycles. The molecule has 0 amide bonds. The van der Waals surface area contributed by atoms with Gasteiger partial charge in [0.1, 0.15) is 5.84 Å². The molecule has 3 N–H and O–H groups in total. The molecule has 2 aromatic carbocycles. The number of rotatable bonds is 5. The van der Waals surface area contributed by atoms with Gasteiger partial charge in [-0.2, -0.15) is 0 Å². The molecule has 3 nitrogen and oxygen atoms in total. The number of benzene rings is 2. The molecule has 0 spiro atoms. The van der Waals surface area contributed by atoms with Crippen LogP contribution in [0.2, 0.25) is 5.02 Å². The van der Waals surface area contributed by atoms with Gasteiger partial charge in [-0.15, -0.1) is 0 Å². The molecule has 0 unspecified atom stereocenters. The van der Waals surface area contributed by atoms with Crippen molar-refractivity contribution in [3.63, 3.8) is 0 Å². The maximum atomic E-state index is 7.45. The van der Waals surface area contributed by atoms with Crippen LogP contribution in [-0.2, 0) is 6.54 Å². The predicted octanol–water partition coefficient (Wildman–Crippen LogP) is 3.96. The smallest absolute Gasteiger partial charge is 0.122 e. The Morgan fingerprint density at radius 3 is 2.52 bits per heavy atom. The Labute approximate surface area is 130 Å². The van der Waals surface area contributed by atoms with E-state index in [2.05, 4.69) is 30.9 Å². The van der Waals surface area contributed by atoms with E-state index in [0.717, 1.165) is 18.7 Å². The lowest BCUT2D eigenvalue weighted by Gasteiger charge is -2.25. The van der Waals surface area contributed by atoms with E-state index in [1.807, 2.05) is 24.3 Å². The van der Waals surface area contributed by atoms with Gasteiger partial charge in [-0.3, -0.25) is 5.41 Å². The average Bonchev–Trinajstić information content (AvgIpc) is 2.47. The van der Waals surface area contributed by atoms with Gasteiger partial charge in [0.25, 0.3) is 0 Å². The highest BCUT2D eigenvalue weighted by Gasteiger charge is 2.11. The summed E-state index contributed by atoms with van der Waals surface area (Å²) in [6.07, 6.45) is 0. The normalized spacial score (nSPS) is 10.4. The fourth-order valence-electron chi connectivity index (χ4n) is 2.33. The van der Waals surface area contributed by atoms with Crippen LogP contribution in [0.1, 0.15) is 23.6 Å². The second kappa shape index (κ2) is 6.64. The van der Waals surface area contributed by atoms with Crippen LogP contribution in [0, 0.1) is 12.3 Å². The molecule has 0 bridgehead atoms. The Kier molecular flexibility index (Phi) is 4.86. The molecule has 0 atom stereocenters. The standard InChI is InChI=1S/C17H20ClN3/c1-3-21(16-7-5-4-6-12(16)2)11-14-9-8-13(17(19)20)10-15(14)18/h4-10H,3,11H2,1-2H3,(H3,19,20). The van der Waals surface area contributed by atoms with Crippen molar-refractivity contribution < 1.29 is 0 Å². The van der Waals surface area contributed by atoms with Crippen LogP contribution >= 0.6 is 11.6 Å². The Morgan fingerprint density at radius 2 is 1.95 bits per heavy atom. The molecule has 0 fully saturated rings. The fourth-order valence-corrected chi connectivity index (χ4v) is 2.57. The number of hydrogen-bond acceptors (Lipinski definition) is 2. The average molecular weight is 302 g/mol. The van der Waals surface area contributed by atoms with Gasteiger partial charge in [0.2, 0.25) is 0 Å². The predicted molar refractivity (Wildman–Crippen MR) is 90.4 cm³/mol. The number of anilines is 1. The Bertz CT molecular complexity index is 652. The number of halogens is 1. The number of nitrogens with one attached hydrogen (secondary N) is 1. The highest BCUT2D eigenvalue weighted by atomic mass is 35.5. The zero-order chi connectivity index (χ0) is 15.4. The second-order valence-corrected chi connectivity index (χ2v) is 5.43. The molecular weight excluding hydrogens is 282 g/mol. The summed E-state index contributed by atoms with van der Waals surface area (Å²) in [6.45, 7) is 5.87. The minimum atomic E-state index is 0.0368. The summed E-state index contributed by atoms with van der Waals surface area (Å²) in [7, 11) is 0. The van der Waals surface area contributed by atoms with Crippen molar-refractivity contribution >= 4 is 23.1 Å². The summed E-state index contributed by atoms with van der Waals surface area (Å²) in [5.41, 5.74) is 9.64. The first kappa shape index (κ1) is 15.4. The molecule has 0 aliphatic heterocycles. The van der Waals surface area contributed by atoms with Crippen molar-refractivity contribution in [2.24, 2.45) is 5.73 Å². The SMILES string of the molecule is CCN(Cc1ccc(C(=N)N)cc1Cl)c1ccccc1C. The van der Waals surface area contributed by atoms with Crippen molar-refractivity contribution in [2.45, 2.75) is 20.4 Å². The largest absolute Gasteiger partial charge is 0.384 e. The maximum absolute atomic E-state index is 7.45. The van der Waals surface area contributed by atoms with Crippen LogP contribution in [-0.4, -0.2) is 12.4 Å². The van der Waals surface area contributed by atoms with Crippen LogP contribution in [0.4, 0.5) is 5.69 Å². The number of hydrogen-bond donors (Lipinski definition) is 2. The molecule has 0 radical (unpaired) electrons. The summed E-state index contributed by atoms with van der Waals surface area (Å²) >= 11 is 6.32. The summed E-state index contributed by atoms with van der Waals surface area (Å²) in [5, 5.41) is 8.10. The van der Waals surface area contributed by atoms with E-state index in [-0.39, 0.29) is 5.84 Å². The molecule has 4 heteroatoms. The lowest BCUT2D eigenvalue weighted by molar-refractivity contribution is 0.828. The number of nitrogen functional groups attached to an aromatic ring is 1. The summed E-state index contributed by atoms with van der Waals surface area (Å²) in [4.78, 5) is 2.28. The third kappa shape index (κ3) is 3.56. The minimum Gasteiger partial charge on any atom is -0.384 e. The molecule has 2 aromatic rings. The quantitative estimate of drug-likeness (QED) is 0.649. The van der Waals surface area contributed by atoms with E-state index in [9.17, 15) is 0 Å². The molecule has 0 aromatic heterocycles. The van der Waals surface area contributed by atoms with E-state index in [4.69, 9.17) is 22.7 Å². The first-order valence-corrected chi connectivity index (χ1v) is 7.34. The zero-order valence-corrected chi connectivity index (χ0v) is 13.1. The Hall–Kier alpha value is -2.00. The number of nitrogens with two attached hydrogens (primary N) is 1. The second-order valence-electron chi connectivity index (χ2n) is 5.02. The summed E-state index contributed by atoms with van der Waals surface area (Å²) in [5.74, 6) is 0.0368. The van der Waals surface area contributed by atoms with Crippen LogP contribution < -0.4 is 10.6 Å². The van der Waals surface area contributed by atoms with Gasteiger partial charge in [0, 0.05) is 29.4 Å². The van der Waals surface area contributed by atoms with E-state index in [1.165, 1.54) is 11.3 Å². The molecular formula is C17H20ClN3. The molecule has 0 saturated carbocycles. The van der Waals surface area contributed by atoms with E-state index in [0.29, 0.717) is 10.6 Å². The first-order valence-electron chi connectivity index (χ1n) is 6.96. The van der Waals surface area contributed by atoms with Crippen molar-refractivity contribution in [3.8, 4) is 0 Å². The van der Waals surface area contributed by atoms with Crippen molar-refractivity contribution in [2.75, 3.05) is 11.4 Å². The third-order valence-corrected chi connectivity index (χ3v) is 3.91. The summed E-state index contributed by atoms with van der Waals surface area (Å²) < 4.78 is 0. The Morgan fingerprint density at radius 1 is 1.24 bits per heavy atom. The molecule has 0 aliphatic carbocycles. The molecule has 110 valence electrons. The lowest BCUT2D eigenvalue weighted by atomic mass is 10.1. The van der Waals surface area contributed by atoms with Gasteiger partial charge >= 0.3 is 0 Å². The maximum Gasteiger partial charge on any atom is 0.122 e. The van der Waals surface area contributed by atoms with Gasteiger partial charge in [-0.1, -0.05) is 41.9 Å². The van der Waals surface area contributed by atoms with Gasteiger partial charge in [0.15, 0.2) is 0 Å². The fraction of sp³-hybridized carbons (Fsp3) is 0.235. The summed E-state index contributed by atoms with van der Waals surface area (Å²) in [6, 6.07) is 13.9. The van der Waals surface area contributed by atoms with Gasteiger partial charge in [-0.25, -0.2) is 0 Å². The monoisotopic (exact) mass is 301 g/mol. The molecule has 2 rings (SSSR count). The topological polar surface area (TPSA) is 53.1 Å². The van der Waals surface area contributed by atoms with Crippen LogP contribution in [0.5, 0.6) is 0 Å². The number of nitrogens with zero attached hydrogens (tertiary/aromatic N) is 1. The molecule has 0 aliphatic rings. The van der Waals surface area contributed by atoms with Crippen LogP contribution in [0.25, 0.3) is 0 Å². The van der Waals surface area contributed by atoms with Gasteiger partial charge in [-0.05, 0) is 37.1 Å². The highest BCUT2D eigenvalue weighted by molar-refractivity contribution is 6.31. The van der Waals surface area contributed by atoms with E-state index < -0.39 is 0 Å². The van der Waals surface area contributed by atoms with Crippen molar-refractivity contribution in [3.05, 3.63) is 64.2 Å². The van der Waals surface area contributed by atoms with Crippen molar-refractivity contribution in [1.82, 2.24) is 0 Å². The van der Waals surface area contributed by atoms with Crippen LogP contribution in [0.3, 0.4) is 0 Å². The lowest BCUT2D eigenvalue weighted by Crippen LogP contribution is -2.23.